The zero-order valence-corrected chi connectivity index (χ0v) is 15.6. The van der Waals surface area contributed by atoms with Crippen molar-refractivity contribution in [1.29, 1.82) is 0 Å². The Morgan fingerprint density at radius 3 is 2.48 bits per heavy atom. The molecule has 0 atom stereocenters. The summed E-state index contributed by atoms with van der Waals surface area (Å²) in [6, 6.07) is 17.3. The highest BCUT2D eigenvalue weighted by molar-refractivity contribution is 5.53. The van der Waals surface area contributed by atoms with Crippen molar-refractivity contribution in [3.05, 3.63) is 70.3 Å². The summed E-state index contributed by atoms with van der Waals surface area (Å²) in [7, 11) is 0. The van der Waals surface area contributed by atoms with Crippen LogP contribution in [0.2, 0.25) is 0 Å². The van der Waals surface area contributed by atoms with Crippen LogP contribution in [-0.4, -0.2) is 55.8 Å². The average molecular weight is 369 g/mol. The molecule has 6 heteroatoms. The molecule has 27 heavy (non-hydrogen) atoms. The molecule has 6 nitrogen and oxygen atoms in total. The van der Waals surface area contributed by atoms with E-state index in [0.717, 1.165) is 64.5 Å². The van der Waals surface area contributed by atoms with Crippen molar-refractivity contribution in [3.63, 3.8) is 0 Å². The Morgan fingerprint density at radius 2 is 1.74 bits per heavy atom. The molecule has 0 spiro atoms. The number of hydrogen-bond donors (Lipinski definition) is 0. The van der Waals surface area contributed by atoms with Gasteiger partial charge in [-0.3, -0.25) is 15.0 Å². The second-order valence-electron chi connectivity index (χ2n) is 6.81. The molecule has 0 saturated carbocycles. The van der Waals surface area contributed by atoms with Crippen molar-refractivity contribution in [2.45, 2.75) is 12.8 Å². The summed E-state index contributed by atoms with van der Waals surface area (Å²) in [6.45, 7) is 6.35. The number of nitro groups is 1. The molecule has 0 aliphatic carbocycles. The van der Waals surface area contributed by atoms with Crippen molar-refractivity contribution >= 4 is 11.4 Å². The lowest BCUT2D eigenvalue weighted by atomic mass is 10.2. The predicted octanol–water partition coefficient (Wildman–Crippen LogP) is 3.37. The third-order valence-corrected chi connectivity index (χ3v) is 4.92. The van der Waals surface area contributed by atoms with E-state index in [0.29, 0.717) is 0 Å². The van der Waals surface area contributed by atoms with Gasteiger partial charge in [-0.1, -0.05) is 36.4 Å². The molecule has 1 aliphatic heterocycles. The minimum absolute atomic E-state index is 0.155. The van der Waals surface area contributed by atoms with Gasteiger partial charge in [0.2, 0.25) is 0 Å². The molecule has 0 radical (unpaired) electrons. The fourth-order valence-electron chi connectivity index (χ4n) is 3.36. The number of nitro benzene ring substituents is 1. The quantitative estimate of drug-likeness (QED) is 0.385. The fourth-order valence-corrected chi connectivity index (χ4v) is 3.36. The largest absolute Gasteiger partial charge is 0.381 e. The second-order valence-corrected chi connectivity index (χ2v) is 6.81. The lowest BCUT2D eigenvalue weighted by Crippen LogP contribution is -2.46. The fraction of sp³-hybridized carbons (Fsp3) is 0.429. The summed E-state index contributed by atoms with van der Waals surface area (Å²) in [5, 5.41) is 10.9. The van der Waals surface area contributed by atoms with Gasteiger partial charge in [0.05, 0.1) is 11.5 Å². The smallest absolute Gasteiger partial charge is 0.271 e. The second kappa shape index (κ2) is 10.0. The molecule has 1 aliphatic rings. The molecule has 3 rings (SSSR count). The molecule has 0 N–H and O–H groups in total. The monoisotopic (exact) mass is 369 g/mol. The van der Waals surface area contributed by atoms with Crippen LogP contribution in [0, 0.1) is 10.1 Å². The van der Waals surface area contributed by atoms with Gasteiger partial charge in [0.15, 0.2) is 0 Å². The average Bonchev–Trinajstić information content (AvgIpc) is 2.72. The van der Waals surface area contributed by atoms with Gasteiger partial charge in [0.1, 0.15) is 0 Å². The van der Waals surface area contributed by atoms with Crippen molar-refractivity contribution in [3.8, 4) is 0 Å². The minimum atomic E-state index is -0.336. The standard InChI is InChI=1S/C21H27N3O3/c25-24(26)21-9-4-8-20(18-21)23-14-12-22(13-15-23)11-5-16-27-17-10-19-6-2-1-3-7-19/h1-4,6-9,18H,5,10-17H2. The molecule has 1 fully saturated rings. The number of benzene rings is 2. The molecular weight excluding hydrogens is 342 g/mol. The highest BCUT2D eigenvalue weighted by Gasteiger charge is 2.18. The van der Waals surface area contributed by atoms with Gasteiger partial charge >= 0.3 is 0 Å². The zero-order valence-electron chi connectivity index (χ0n) is 15.6. The van der Waals surface area contributed by atoms with Gasteiger partial charge in [-0.2, -0.15) is 0 Å². The third-order valence-electron chi connectivity index (χ3n) is 4.92. The summed E-state index contributed by atoms with van der Waals surface area (Å²) >= 11 is 0. The van der Waals surface area contributed by atoms with Crippen LogP contribution >= 0.6 is 0 Å². The predicted molar refractivity (Wildman–Crippen MR) is 107 cm³/mol. The summed E-state index contributed by atoms with van der Waals surface area (Å²) in [5.41, 5.74) is 2.41. The highest BCUT2D eigenvalue weighted by atomic mass is 16.6. The van der Waals surface area contributed by atoms with Gasteiger partial charge < -0.3 is 9.64 Å². The van der Waals surface area contributed by atoms with Crippen LogP contribution in [0.3, 0.4) is 0 Å². The molecule has 0 amide bonds. The van der Waals surface area contributed by atoms with Crippen molar-refractivity contribution < 1.29 is 9.66 Å². The van der Waals surface area contributed by atoms with E-state index in [1.165, 1.54) is 11.6 Å². The Bertz CT molecular complexity index is 716. The maximum atomic E-state index is 10.9. The molecule has 0 aromatic heterocycles. The van der Waals surface area contributed by atoms with Crippen LogP contribution in [0.4, 0.5) is 11.4 Å². The summed E-state index contributed by atoms with van der Waals surface area (Å²) in [5.74, 6) is 0. The van der Waals surface area contributed by atoms with E-state index >= 15 is 0 Å². The lowest BCUT2D eigenvalue weighted by molar-refractivity contribution is -0.384. The molecule has 1 saturated heterocycles. The number of ether oxygens (including phenoxy) is 1. The maximum Gasteiger partial charge on any atom is 0.271 e. The molecular formula is C21H27N3O3. The topological polar surface area (TPSA) is 58.9 Å². The SMILES string of the molecule is O=[N+]([O-])c1cccc(N2CCN(CCCOCCc3ccccc3)CC2)c1. The van der Waals surface area contributed by atoms with E-state index in [9.17, 15) is 10.1 Å². The molecule has 1 heterocycles. The Hall–Kier alpha value is -2.44. The molecule has 0 bridgehead atoms. The molecule has 2 aromatic carbocycles. The first-order valence-corrected chi connectivity index (χ1v) is 9.56. The van der Waals surface area contributed by atoms with E-state index in [4.69, 9.17) is 4.74 Å². The van der Waals surface area contributed by atoms with Crippen molar-refractivity contribution in [1.82, 2.24) is 4.90 Å². The first kappa shape index (κ1) is 19.3. The van der Waals surface area contributed by atoms with Gasteiger partial charge in [0.25, 0.3) is 5.69 Å². The first-order chi connectivity index (χ1) is 13.2. The maximum absolute atomic E-state index is 10.9. The van der Waals surface area contributed by atoms with Crippen LogP contribution in [-0.2, 0) is 11.2 Å². The Balaban J connectivity index is 1.30. The lowest BCUT2D eigenvalue weighted by Gasteiger charge is -2.36. The van der Waals surface area contributed by atoms with Gasteiger partial charge in [-0.25, -0.2) is 0 Å². The normalized spacial score (nSPS) is 15.0. The van der Waals surface area contributed by atoms with Crippen LogP contribution < -0.4 is 4.90 Å². The van der Waals surface area contributed by atoms with E-state index < -0.39 is 0 Å². The van der Waals surface area contributed by atoms with Crippen LogP contribution in [0.5, 0.6) is 0 Å². The molecule has 0 unspecified atom stereocenters. The van der Waals surface area contributed by atoms with Gasteiger partial charge in [0, 0.05) is 57.2 Å². The van der Waals surface area contributed by atoms with Crippen LogP contribution in [0.15, 0.2) is 54.6 Å². The van der Waals surface area contributed by atoms with Gasteiger partial charge in [-0.05, 0) is 24.5 Å². The summed E-state index contributed by atoms with van der Waals surface area (Å²) in [4.78, 5) is 15.3. The Kier molecular flexibility index (Phi) is 7.19. The Labute approximate surface area is 160 Å². The summed E-state index contributed by atoms with van der Waals surface area (Å²) < 4.78 is 5.75. The third kappa shape index (κ3) is 6.05. The van der Waals surface area contributed by atoms with Crippen molar-refractivity contribution in [2.75, 3.05) is 50.8 Å². The minimum Gasteiger partial charge on any atom is -0.381 e. The number of nitrogens with zero attached hydrogens (tertiary/aromatic N) is 3. The van der Waals surface area contributed by atoms with Crippen LogP contribution in [0.25, 0.3) is 0 Å². The zero-order chi connectivity index (χ0) is 18.9. The van der Waals surface area contributed by atoms with E-state index in [1.807, 2.05) is 12.1 Å². The van der Waals surface area contributed by atoms with E-state index in [-0.39, 0.29) is 10.6 Å². The molecule has 144 valence electrons. The van der Waals surface area contributed by atoms with E-state index in [2.05, 4.69) is 34.1 Å². The number of non-ortho nitro benzene ring substituents is 1. The number of piperazine rings is 1. The number of anilines is 1. The van der Waals surface area contributed by atoms with Crippen molar-refractivity contribution in [2.24, 2.45) is 0 Å². The highest BCUT2D eigenvalue weighted by Crippen LogP contribution is 2.22. The first-order valence-electron chi connectivity index (χ1n) is 9.56. The van der Waals surface area contributed by atoms with Crippen LogP contribution in [0.1, 0.15) is 12.0 Å². The number of hydrogen-bond acceptors (Lipinski definition) is 5. The van der Waals surface area contributed by atoms with Gasteiger partial charge in [-0.15, -0.1) is 0 Å². The molecule has 2 aromatic rings. The Morgan fingerprint density at radius 1 is 0.963 bits per heavy atom. The number of rotatable bonds is 9. The summed E-state index contributed by atoms with van der Waals surface area (Å²) in [6.07, 6.45) is 1.99. The van der Waals surface area contributed by atoms with E-state index in [1.54, 1.807) is 12.1 Å².